The van der Waals surface area contributed by atoms with E-state index < -0.39 is 23.9 Å². The molecule has 1 amide bonds. The van der Waals surface area contributed by atoms with Crippen LogP contribution in [0.25, 0.3) is 5.65 Å². The minimum Gasteiger partial charge on any atom is -0.480 e. The molecule has 120 valence electrons. The zero-order valence-corrected chi connectivity index (χ0v) is 13.1. The van der Waals surface area contributed by atoms with E-state index in [0.29, 0.717) is 17.2 Å². The Balaban J connectivity index is 2.33. The van der Waals surface area contributed by atoms with Gasteiger partial charge in [-0.1, -0.05) is 0 Å². The molecule has 0 radical (unpaired) electrons. The molecule has 2 heterocycles. The van der Waals surface area contributed by atoms with Crippen molar-refractivity contribution in [2.75, 3.05) is 12.3 Å². The number of fused-ring (bicyclic) bond motifs is 1. The highest BCUT2D eigenvalue weighted by Gasteiger charge is 2.19. The summed E-state index contributed by atoms with van der Waals surface area (Å²) in [5.41, 5.74) is -0.543. The molecule has 2 aromatic heterocycles. The van der Waals surface area contributed by atoms with Crippen molar-refractivity contribution in [3.05, 3.63) is 28.2 Å². The van der Waals surface area contributed by atoms with Crippen molar-refractivity contribution < 1.29 is 14.7 Å². The Hall–Kier alpha value is -2.73. The lowest BCUT2D eigenvalue weighted by Gasteiger charge is -2.07. The van der Waals surface area contributed by atoms with Crippen LogP contribution in [0.5, 0.6) is 0 Å². The summed E-state index contributed by atoms with van der Waals surface area (Å²) in [4.78, 5) is 38.8. The number of aromatic amines is 1. The molecule has 2 aromatic rings. The zero-order valence-electron chi connectivity index (χ0n) is 12.3. The molecule has 23 heavy (non-hydrogen) atoms. The van der Waals surface area contributed by atoms with Crippen molar-refractivity contribution in [1.82, 2.24) is 19.9 Å². The Kier molecular flexibility index (Phi) is 5.43. The second-order valence-electron chi connectivity index (χ2n) is 4.37. The second-order valence-corrected chi connectivity index (χ2v) is 5.48. The number of carboxylic acids is 1. The molecule has 0 unspecified atom stereocenters. The first-order valence-electron chi connectivity index (χ1n) is 6.66. The van der Waals surface area contributed by atoms with Crippen molar-refractivity contribution in [2.24, 2.45) is 0 Å². The average Bonchev–Trinajstić information content (AvgIpc) is 2.98. The standard InChI is InChI=1S/C14H14N4O4S/c1-2-3-4-5-23-10-6-9(19)12(13-16-8-17-18(10)13)14(22)15-7-11(20)21/h6,8H,4-5,7H2,1H3,(H,15,22)(H,16,17)(H,20,21). The minimum absolute atomic E-state index is 0.157. The third-order valence-corrected chi connectivity index (χ3v) is 3.82. The van der Waals surface area contributed by atoms with Crippen LogP contribution in [0.2, 0.25) is 0 Å². The van der Waals surface area contributed by atoms with Crippen molar-refractivity contribution in [3.63, 3.8) is 0 Å². The molecule has 0 saturated carbocycles. The fraction of sp³-hybridized carbons (Fsp3) is 0.286. The highest BCUT2D eigenvalue weighted by molar-refractivity contribution is 7.99. The van der Waals surface area contributed by atoms with Crippen LogP contribution >= 0.6 is 11.8 Å². The number of nitrogens with zero attached hydrogens (tertiary/aromatic N) is 2. The molecule has 0 aliphatic carbocycles. The number of aromatic nitrogens is 3. The Morgan fingerprint density at radius 1 is 1.52 bits per heavy atom. The van der Waals surface area contributed by atoms with Gasteiger partial charge in [-0.3, -0.25) is 19.5 Å². The number of H-pyrrole nitrogens is 1. The summed E-state index contributed by atoms with van der Waals surface area (Å²) in [7, 11) is 0. The maximum atomic E-state index is 12.2. The molecule has 0 fully saturated rings. The molecule has 2 rings (SSSR count). The number of nitrogens with one attached hydrogen (secondary N) is 2. The molecule has 0 bridgehead atoms. The van der Waals surface area contributed by atoms with Crippen molar-refractivity contribution in [3.8, 4) is 11.8 Å². The number of pyridine rings is 1. The van der Waals surface area contributed by atoms with Gasteiger partial charge in [-0.05, 0) is 6.92 Å². The highest BCUT2D eigenvalue weighted by Crippen LogP contribution is 2.18. The van der Waals surface area contributed by atoms with Gasteiger partial charge in [0.25, 0.3) is 5.91 Å². The predicted octanol–water partition coefficient (Wildman–Crippen LogP) is 0.342. The number of carboxylic acid groups (broad SMARTS) is 1. The maximum absolute atomic E-state index is 12.2. The van der Waals surface area contributed by atoms with Crippen LogP contribution in [0.1, 0.15) is 23.7 Å². The minimum atomic E-state index is -1.19. The Bertz CT molecular complexity index is 859. The van der Waals surface area contributed by atoms with Crippen LogP contribution in [-0.4, -0.2) is 43.9 Å². The van der Waals surface area contributed by atoms with Crippen LogP contribution < -0.4 is 10.7 Å². The first-order chi connectivity index (χ1) is 11.0. The maximum Gasteiger partial charge on any atom is 0.322 e. The molecule has 0 atom stereocenters. The summed E-state index contributed by atoms with van der Waals surface area (Å²) in [6, 6.07) is 1.32. The fourth-order valence-electron chi connectivity index (χ4n) is 1.87. The van der Waals surface area contributed by atoms with Crippen LogP contribution in [-0.2, 0) is 4.79 Å². The van der Waals surface area contributed by atoms with Crippen molar-refractivity contribution in [2.45, 2.75) is 18.4 Å². The van der Waals surface area contributed by atoms with Gasteiger partial charge in [0.1, 0.15) is 23.5 Å². The van der Waals surface area contributed by atoms with Gasteiger partial charge in [-0.25, -0.2) is 9.50 Å². The number of aliphatic carboxylic acids is 1. The van der Waals surface area contributed by atoms with E-state index in [9.17, 15) is 14.4 Å². The number of thioether (sulfide) groups is 1. The number of rotatable bonds is 6. The fourth-order valence-corrected chi connectivity index (χ4v) is 2.74. The van der Waals surface area contributed by atoms with Gasteiger partial charge in [0.2, 0.25) is 0 Å². The van der Waals surface area contributed by atoms with E-state index in [2.05, 4.69) is 27.2 Å². The van der Waals surface area contributed by atoms with Crippen LogP contribution in [0.15, 0.2) is 22.2 Å². The summed E-state index contributed by atoms with van der Waals surface area (Å²) in [6.45, 7) is 1.19. The molecule has 9 heteroatoms. The Labute approximate surface area is 135 Å². The molecule has 3 N–H and O–H groups in total. The van der Waals surface area contributed by atoms with Crippen LogP contribution in [0.4, 0.5) is 0 Å². The average molecular weight is 334 g/mol. The third-order valence-electron chi connectivity index (χ3n) is 2.81. The molecule has 0 aliphatic rings. The van der Waals surface area contributed by atoms with Crippen LogP contribution in [0, 0.1) is 11.8 Å². The lowest BCUT2D eigenvalue weighted by Crippen LogP contribution is -2.33. The Morgan fingerprint density at radius 2 is 2.30 bits per heavy atom. The molecular weight excluding hydrogens is 320 g/mol. The number of amides is 1. The largest absolute Gasteiger partial charge is 0.480 e. The SMILES string of the molecule is CC#CCCSc1cc(=O)c(C(=O)NCC(=O)O)c2nc[nH]n12. The molecule has 8 nitrogen and oxygen atoms in total. The van der Waals surface area contributed by atoms with E-state index in [4.69, 9.17) is 5.11 Å². The van der Waals surface area contributed by atoms with Gasteiger partial charge in [0, 0.05) is 18.2 Å². The molecule has 0 spiro atoms. The normalized spacial score (nSPS) is 10.1. The lowest BCUT2D eigenvalue weighted by molar-refractivity contribution is -0.135. The number of carbonyl (C=O) groups excluding carboxylic acids is 1. The summed E-state index contributed by atoms with van der Waals surface area (Å²) in [5.74, 6) is 4.44. The van der Waals surface area contributed by atoms with E-state index in [0.717, 1.165) is 0 Å². The van der Waals surface area contributed by atoms with Gasteiger partial charge in [-0.15, -0.1) is 23.6 Å². The smallest absolute Gasteiger partial charge is 0.322 e. The van der Waals surface area contributed by atoms with E-state index >= 15 is 0 Å². The van der Waals surface area contributed by atoms with Crippen LogP contribution in [0.3, 0.4) is 0 Å². The molecule has 0 aliphatic heterocycles. The molecular formula is C14H14N4O4S. The number of carbonyl (C=O) groups is 2. The first kappa shape index (κ1) is 16.6. The van der Waals surface area contributed by atoms with E-state index in [1.165, 1.54) is 28.7 Å². The molecule has 0 saturated heterocycles. The highest BCUT2D eigenvalue weighted by atomic mass is 32.2. The van der Waals surface area contributed by atoms with Gasteiger partial charge in [0.15, 0.2) is 11.1 Å². The van der Waals surface area contributed by atoms with Gasteiger partial charge < -0.3 is 10.4 Å². The third kappa shape index (κ3) is 3.92. The second kappa shape index (κ2) is 7.51. The number of hydrogen-bond donors (Lipinski definition) is 3. The van der Waals surface area contributed by atoms with Crippen molar-refractivity contribution in [1.29, 1.82) is 0 Å². The predicted molar refractivity (Wildman–Crippen MR) is 84.6 cm³/mol. The van der Waals surface area contributed by atoms with Gasteiger partial charge >= 0.3 is 5.97 Å². The quantitative estimate of drug-likeness (QED) is 0.398. The topological polar surface area (TPSA) is 117 Å². The zero-order chi connectivity index (χ0) is 16.8. The van der Waals surface area contributed by atoms with E-state index in [1.54, 1.807) is 6.92 Å². The molecule has 0 aromatic carbocycles. The van der Waals surface area contributed by atoms with E-state index in [-0.39, 0.29) is 11.2 Å². The lowest BCUT2D eigenvalue weighted by atomic mass is 10.2. The summed E-state index contributed by atoms with van der Waals surface area (Å²) >= 11 is 1.41. The van der Waals surface area contributed by atoms with Crippen molar-refractivity contribution >= 4 is 29.3 Å². The number of hydrogen-bond acceptors (Lipinski definition) is 5. The summed E-state index contributed by atoms with van der Waals surface area (Å²) in [6.07, 6.45) is 2.03. The Morgan fingerprint density at radius 3 is 3.00 bits per heavy atom. The summed E-state index contributed by atoms with van der Waals surface area (Å²) in [5, 5.41) is 14.2. The first-order valence-corrected chi connectivity index (χ1v) is 7.64. The summed E-state index contributed by atoms with van der Waals surface area (Å²) < 4.78 is 1.52. The monoisotopic (exact) mass is 334 g/mol. The van der Waals surface area contributed by atoms with Gasteiger partial charge in [-0.2, -0.15) is 0 Å². The van der Waals surface area contributed by atoms with Gasteiger partial charge in [0.05, 0.1) is 0 Å². The van der Waals surface area contributed by atoms with E-state index in [1.807, 2.05) is 0 Å².